The van der Waals surface area contributed by atoms with Crippen molar-refractivity contribution in [2.24, 2.45) is 5.73 Å². The van der Waals surface area contributed by atoms with E-state index in [4.69, 9.17) is 27.3 Å². The third-order valence-electron chi connectivity index (χ3n) is 3.08. The number of halogens is 1. The van der Waals surface area contributed by atoms with Crippen molar-refractivity contribution in [3.63, 3.8) is 0 Å². The number of benzene rings is 1. The van der Waals surface area contributed by atoms with E-state index in [-0.39, 0.29) is 6.10 Å². The van der Waals surface area contributed by atoms with Crippen LogP contribution in [0.5, 0.6) is 5.75 Å². The Kier molecular flexibility index (Phi) is 3.88. The Hall–Kier alpha value is -1.24. The first kappa shape index (κ1) is 12.2. The van der Waals surface area contributed by atoms with Gasteiger partial charge in [-0.1, -0.05) is 11.6 Å². The van der Waals surface area contributed by atoms with Crippen LogP contribution in [-0.2, 0) is 0 Å². The molecule has 0 saturated heterocycles. The van der Waals surface area contributed by atoms with Gasteiger partial charge in [0.25, 0.3) is 0 Å². The third-order valence-corrected chi connectivity index (χ3v) is 3.31. The van der Waals surface area contributed by atoms with Gasteiger partial charge in [-0.15, -0.1) is 0 Å². The summed E-state index contributed by atoms with van der Waals surface area (Å²) in [6, 6.07) is 7.50. The summed E-state index contributed by atoms with van der Waals surface area (Å²) in [5, 5.41) is 9.58. The number of rotatable bonds is 2. The molecule has 0 radical (unpaired) electrons. The molecule has 1 saturated carbocycles. The van der Waals surface area contributed by atoms with E-state index in [1.54, 1.807) is 18.2 Å². The summed E-state index contributed by atoms with van der Waals surface area (Å²) in [6.07, 6.45) is 4.00. The maximum absolute atomic E-state index is 8.99. The smallest absolute Gasteiger partial charge is 0.138 e. The molecule has 2 rings (SSSR count). The molecular formula is C13H15ClN2O. The molecule has 1 aromatic rings. The first-order valence-electron chi connectivity index (χ1n) is 5.81. The minimum absolute atomic E-state index is 0.153. The van der Waals surface area contributed by atoms with Crippen molar-refractivity contribution in [3.05, 3.63) is 28.8 Å². The molecule has 0 amide bonds. The molecule has 1 aromatic carbocycles. The Bertz CT molecular complexity index is 434. The van der Waals surface area contributed by atoms with E-state index in [9.17, 15) is 0 Å². The highest BCUT2D eigenvalue weighted by molar-refractivity contribution is 6.30. The molecule has 0 unspecified atom stereocenters. The second kappa shape index (κ2) is 5.39. The molecule has 4 heteroatoms. The highest BCUT2D eigenvalue weighted by atomic mass is 35.5. The van der Waals surface area contributed by atoms with Crippen molar-refractivity contribution >= 4 is 11.6 Å². The van der Waals surface area contributed by atoms with Gasteiger partial charge < -0.3 is 10.5 Å². The predicted molar refractivity (Wildman–Crippen MR) is 67.0 cm³/mol. The van der Waals surface area contributed by atoms with E-state index in [1.807, 2.05) is 0 Å². The molecule has 0 atom stereocenters. The van der Waals surface area contributed by atoms with Crippen LogP contribution >= 0.6 is 11.6 Å². The van der Waals surface area contributed by atoms with Crippen LogP contribution in [0.2, 0.25) is 5.02 Å². The van der Waals surface area contributed by atoms with Gasteiger partial charge in [-0.25, -0.2) is 0 Å². The lowest BCUT2D eigenvalue weighted by Gasteiger charge is -2.27. The quantitative estimate of drug-likeness (QED) is 0.878. The van der Waals surface area contributed by atoms with Gasteiger partial charge in [0.1, 0.15) is 11.8 Å². The van der Waals surface area contributed by atoms with Crippen LogP contribution in [0.3, 0.4) is 0 Å². The van der Waals surface area contributed by atoms with E-state index in [1.165, 1.54) is 0 Å². The fraction of sp³-hybridized carbons (Fsp3) is 0.462. The molecule has 0 aliphatic heterocycles. The van der Waals surface area contributed by atoms with Crippen LogP contribution in [0.15, 0.2) is 18.2 Å². The third kappa shape index (κ3) is 3.12. The topological polar surface area (TPSA) is 59.0 Å². The molecule has 0 heterocycles. The van der Waals surface area contributed by atoms with E-state index in [0.717, 1.165) is 25.7 Å². The molecule has 0 aromatic heterocycles. The fourth-order valence-corrected chi connectivity index (χ4v) is 2.23. The maximum atomic E-state index is 8.99. The summed E-state index contributed by atoms with van der Waals surface area (Å²) in [5.41, 5.74) is 6.37. The molecule has 1 aliphatic carbocycles. The molecule has 2 N–H and O–H groups in total. The van der Waals surface area contributed by atoms with Crippen LogP contribution in [-0.4, -0.2) is 12.1 Å². The number of nitrogens with zero attached hydrogens (tertiary/aromatic N) is 1. The zero-order valence-corrected chi connectivity index (χ0v) is 10.3. The first-order valence-corrected chi connectivity index (χ1v) is 6.18. The zero-order chi connectivity index (χ0) is 12.3. The number of ether oxygens (including phenoxy) is 1. The van der Waals surface area contributed by atoms with Crippen molar-refractivity contribution < 1.29 is 4.74 Å². The van der Waals surface area contributed by atoms with Gasteiger partial charge in [-0.2, -0.15) is 5.26 Å². The minimum atomic E-state index is 0.153. The molecule has 3 nitrogen and oxygen atoms in total. The Labute approximate surface area is 106 Å². The Balaban J connectivity index is 2.08. The molecule has 17 heavy (non-hydrogen) atoms. The lowest BCUT2D eigenvalue weighted by molar-refractivity contribution is 0.147. The van der Waals surface area contributed by atoms with Gasteiger partial charge in [-0.3, -0.25) is 0 Å². The predicted octanol–water partition coefficient (Wildman–Crippen LogP) is 2.86. The second-order valence-corrected chi connectivity index (χ2v) is 4.84. The Morgan fingerprint density at radius 1 is 1.29 bits per heavy atom. The summed E-state index contributed by atoms with van der Waals surface area (Å²) in [4.78, 5) is 0. The largest absolute Gasteiger partial charge is 0.489 e. The van der Waals surface area contributed by atoms with E-state index < -0.39 is 0 Å². The normalized spacial score (nSPS) is 24.1. The number of hydrogen-bond acceptors (Lipinski definition) is 3. The molecule has 1 fully saturated rings. The lowest BCUT2D eigenvalue weighted by atomic mass is 9.93. The standard InChI is InChI=1S/C13H15ClN2O/c14-10-2-1-9(8-15)13(7-10)17-12-5-3-11(16)4-6-12/h1-2,7,11-12H,3-6,16H2. The summed E-state index contributed by atoms with van der Waals surface area (Å²) in [7, 11) is 0. The van der Waals surface area contributed by atoms with Crippen molar-refractivity contribution in [1.29, 1.82) is 5.26 Å². The first-order chi connectivity index (χ1) is 8.19. The maximum Gasteiger partial charge on any atom is 0.138 e. The van der Waals surface area contributed by atoms with Crippen LogP contribution in [0.1, 0.15) is 31.2 Å². The molecular weight excluding hydrogens is 236 g/mol. The lowest BCUT2D eigenvalue weighted by Crippen LogP contribution is -2.31. The van der Waals surface area contributed by atoms with Crippen LogP contribution in [0.4, 0.5) is 0 Å². The van der Waals surface area contributed by atoms with Gasteiger partial charge in [0, 0.05) is 17.1 Å². The van der Waals surface area contributed by atoms with E-state index >= 15 is 0 Å². The Morgan fingerprint density at radius 3 is 2.65 bits per heavy atom. The van der Waals surface area contributed by atoms with Gasteiger partial charge in [0.2, 0.25) is 0 Å². The summed E-state index contributed by atoms with van der Waals surface area (Å²) in [5.74, 6) is 0.584. The van der Waals surface area contributed by atoms with Gasteiger partial charge >= 0.3 is 0 Å². The molecule has 90 valence electrons. The van der Waals surface area contributed by atoms with Gasteiger partial charge in [0.05, 0.1) is 11.7 Å². The number of nitrogens with two attached hydrogens (primary N) is 1. The number of hydrogen-bond donors (Lipinski definition) is 1. The highest BCUT2D eigenvalue weighted by Crippen LogP contribution is 2.27. The molecule has 0 bridgehead atoms. The summed E-state index contributed by atoms with van der Waals surface area (Å²) in [6.45, 7) is 0. The van der Waals surface area contributed by atoms with Crippen LogP contribution in [0.25, 0.3) is 0 Å². The average molecular weight is 251 g/mol. The second-order valence-electron chi connectivity index (χ2n) is 4.41. The molecule has 0 spiro atoms. The fourth-order valence-electron chi connectivity index (χ4n) is 2.07. The SMILES string of the molecule is N#Cc1ccc(Cl)cc1OC1CCC(N)CC1. The van der Waals surface area contributed by atoms with Gasteiger partial charge in [-0.05, 0) is 37.8 Å². The van der Waals surface area contributed by atoms with Gasteiger partial charge in [0.15, 0.2) is 0 Å². The van der Waals surface area contributed by atoms with E-state index in [0.29, 0.717) is 22.4 Å². The van der Waals surface area contributed by atoms with Crippen LogP contribution in [0, 0.1) is 11.3 Å². The highest BCUT2D eigenvalue weighted by Gasteiger charge is 2.20. The summed E-state index contributed by atoms with van der Waals surface area (Å²) >= 11 is 5.91. The average Bonchev–Trinajstić information content (AvgIpc) is 2.32. The zero-order valence-electron chi connectivity index (χ0n) is 9.53. The Morgan fingerprint density at radius 2 is 2.00 bits per heavy atom. The van der Waals surface area contributed by atoms with Crippen molar-refractivity contribution in [1.82, 2.24) is 0 Å². The van der Waals surface area contributed by atoms with Crippen molar-refractivity contribution in [2.45, 2.75) is 37.8 Å². The molecule has 1 aliphatic rings. The van der Waals surface area contributed by atoms with Crippen LogP contribution < -0.4 is 10.5 Å². The van der Waals surface area contributed by atoms with Crippen molar-refractivity contribution in [3.8, 4) is 11.8 Å². The monoisotopic (exact) mass is 250 g/mol. The van der Waals surface area contributed by atoms with E-state index in [2.05, 4.69) is 6.07 Å². The van der Waals surface area contributed by atoms with Crippen molar-refractivity contribution in [2.75, 3.05) is 0 Å². The number of nitriles is 1. The summed E-state index contributed by atoms with van der Waals surface area (Å²) < 4.78 is 5.84. The minimum Gasteiger partial charge on any atom is -0.489 e.